The van der Waals surface area contributed by atoms with Crippen molar-refractivity contribution in [2.24, 2.45) is 5.73 Å². The lowest BCUT2D eigenvalue weighted by atomic mass is 10.0. The maximum Gasteiger partial charge on any atom is 0.125 e. The monoisotopic (exact) mass is 293 g/mol. The summed E-state index contributed by atoms with van der Waals surface area (Å²) in [7, 11) is 0. The van der Waals surface area contributed by atoms with E-state index in [-0.39, 0.29) is 6.04 Å². The number of nitrogens with two attached hydrogens (primary N) is 1. The van der Waals surface area contributed by atoms with E-state index < -0.39 is 0 Å². The normalized spacial score (nSPS) is 12.8. The van der Waals surface area contributed by atoms with Crippen molar-refractivity contribution in [1.82, 2.24) is 0 Å². The number of hydrogen-bond donors (Lipinski definition) is 1. The summed E-state index contributed by atoms with van der Waals surface area (Å²) in [6, 6.07) is 7.94. The smallest absolute Gasteiger partial charge is 0.125 e. The number of aryl methyl sites for hydroxylation is 3. The minimum atomic E-state index is -0.225. The summed E-state index contributed by atoms with van der Waals surface area (Å²) in [5.74, 6) is 1.74. The lowest BCUT2D eigenvalue weighted by molar-refractivity contribution is 0.464. The Balaban J connectivity index is 2.42. The molecule has 0 radical (unpaired) electrons. The lowest BCUT2D eigenvalue weighted by Gasteiger charge is -2.12. The molecule has 2 aromatic rings. The van der Waals surface area contributed by atoms with Gasteiger partial charge in [-0.05, 0) is 44.0 Å². The van der Waals surface area contributed by atoms with Gasteiger partial charge in [0.25, 0.3) is 0 Å². The van der Waals surface area contributed by atoms with Gasteiger partial charge in [-0.2, -0.15) is 0 Å². The molecule has 3 heteroatoms. The highest BCUT2D eigenvalue weighted by Crippen LogP contribution is 2.29. The fourth-order valence-corrected chi connectivity index (χ4v) is 2.30. The van der Waals surface area contributed by atoms with Crippen molar-refractivity contribution >= 4 is 15.9 Å². The SMILES string of the molecule is Cc1ccc(Br)c(C(N)c2cc(C)c(C)o2)c1. The van der Waals surface area contributed by atoms with Crippen molar-refractivity contribution < 1.29 is 4.42 Å². The molecule has 1 aromatic carbocycles. The van der Waals surface area contributed by atoms with Crippen LogP contribution < -0.4 is 5.73 Å². The van der Waals surface area contributed by atoms with Crippen LogP contribution in [-0.2, 0) is 0 Å². The summed E-state index contributed by atoms with van der Waals surface area (Å²) in [6.45, 7) is 6.04. The summed E-state index contributed by atoms with van der Waals surface area (Å²) >= 11 is 3.53. The van der Waals surface area contributed by atoms with E-state index in [2.05, 4.69) is 35.0 Å². The van der Waals surface area contributed by atoms with Crippen LogP contribution in [0.3, 0.4) is 0 Å². The van der Waals surface area contributed by atoms with E-state index in [0.717, 1.165) is 27.1 Å². The number of rotatable bonds is 2. The van der Waals surface area contributed by atoms with Crippen molar-refractivity contribution in [3.05, 3.63) is 56.9 Å². The number of benzene rings is 1. The molecule has 0 amide bonds. The Bertz CT molecular complexity index is 526. The van der Waals surface area contributed by atoms with Crippen molar-refractivity contribution in [2.75, 3.05) is 0 Å². The van der Waals surface area contributed by atoms with Crippen molar-refractivity contribution in [2.45, 2.75) is 26.8 Å². The zero-order valence-corrected chi connectivity index (χ0v) is 11.8. The van der Waals surface area contributed by atoms with Crippen molar-refractivity contribution in [3.8, 4) is 0 Å². The van der Waals surface area contributed by atoms with Crippen LogP contribution in [0.15, 0.2) is 33.2 Å². The fourth-order valence-electron chi connectivity index (χ4n) is 1.81. The van der Waals surface area contributed by atoms with E-state index in [1.165, 1.54) is 5.56 Å². The quantitative estimate of drug-likeness (QED) is 0.908. The lowest BCUT2D eigenvalue weighted by Crippen LogP contribution is -2.11. The number of halogens is 1. The van der Waals surface area contributed by atoms with Crippen molar-refractivity contribution in [1.29, 1.82) is 0 Å². The molecule has 0 aliphatic heterocycles. The molecule has 17 heavy (non-hydrogen) atoms. The van der Waals surface area contributed by atoms with Gasteiger partial charge in [0.15, 0.2) is 0 Å². The third-order valence-electron chi connectivity index (χ3n) is 2.98. The average molecular weight is 294 g/mol. The molecule has 1 aromatic heterocycles. The molecule has 0 fully saturated rings. The first-order valence-corrected chi connectivity index (χ1v) is 6.37. The molecule has 2 rings (SSSR count). The maximum absolute atomic E-state index is 6.24. The minimum Gasteiger partial charge on any atom is -0.464 e. The van der Waals surface area contributed by atoms with E-state index in [0.29, 0.717) is 0 Å². The van der Waals surface area contributed by atoms with Crippen LogP contribution in [0, 0.1) is 20.8 Å². The molecular weight excluding hydrogens is 278 g/mol. The molecule has 0 saturated carbocycles. The molecule has 0 aliphatic rings. The summed E-state index contributed by atoms with van der Waals surface area (Å²) in [5.41, 5.74) is 9.63. The van der Waals surface area contributed by atoms with Gasteiger partial charge >= 0.3 is 0 Å². The summed E-state index contributed by atoms with van der Waals surface area (Å²) in [5, 5.41) is 0. The Morgan fingerprint density at radius 1 is 1.18 bits per heavy atom. The first-order valence-electron chi connectivity index (χ1n) is 5.57. The van der Waals surface area contributed by atoms with Gasteiger partial charge in [0.2, 0.25) is 0 Å². The molecule has 0 aliphatic carbocycles. The van der Waals surface area contributed by atoms with Gasteiger partial charge in [-0.25, -0.2) is 0 Å². The zero-order valence-electron chi connectivity index (χ0n) is 10.3. The Morgan fingerprint density at radius 3 is 2.47 bits per heavy atom. The Labute approximate surface area is 110 Å². The summed E-state index contributed by atoms with van der Waals surface area (Å²) < 4.78 is 6.70. The van der Waals surface area contributed by atoms with Crippen LogP contribution in [0.5, 0.6) is 0 Å². The van der Waals surface area contributed by atoms with Crippen LogP contribution in [0.1, 0.15) is 34.3 Å². The number of hydrogen-bond acceptors (Lipinski definition) is 2. The van der Waals surface area contributed by atoms with E-state index >= 15 is 0 Å². The summed E-state index contributed by atoms with van der Waals surface area (Å²) in [6.07, 6.45) is 0. The van der Waals surface area contributed by atoms with Crippen LogP contribution >= 0.6 is 15.9 Å². The van der Waals surface area contributed by atoms with Gasteiger partial charge in [-0.1, -0.05) is 33.6 Å². The third-order valence-corrected chi connectivity index (χ3v) is 3.70. The highest BCUT2D eigenvalue weighted by molar-refractivity contribution is 9.10. The third kappa shape index (κ3) is 2.45. The largest absolute Gasteiger partial charge is 0.464 e. The van der Waals surface area contributed by atoms with E-state index in [4.69, 9.17) is 10.2 Å². The second kappa shape index (κ2) is 4.67. The second-order valence-electron chi connectivity index (χ2n) is 4.39. The Morgan fingerprint density at radius 2 is 1.88 bits per heavy atom. The van der Waals surface area contributed by atoms with Crippen LogP contribution in [0.4, 0.5) is 0 Å². The molecule has 1 atom stereocenters. The number of furan rings is 1. The standard InChI is InChI=1S/C14H16BrNO/c1-8-4-5-12(15)11(6-8)14(16)13-7-9(2)10(3)17-13/h4-7,14H,16H2,1-3H3. The van der Waals surface area contributed by atoms with Gasteiger partial charge < -0.3 is 10.2 Å². The second-order valence-corrected chi connectivity index (χ2v) is 5.24. The first-order chi connectivity index (χ1) is 7.99. The maximum atomic E-state index is 6.24. The van der Waals surface area contributed by atoms with Crippen molar-refractivity contribution in [3.63, 3.8) is 0 Å². The molecule has 90 valence electrons. The topological polar surface area (TPSA) is 39.2 Å². The first kappa shape index (κ1) is 12.4. The molecule has 1 heterocycles. The fraction of sp³-hybridized carbons (Fsp3) is 0.286. The van der Waals surface area contributed by atoms with Gasteiger partial charge in [-0.15, -0.1) is 0 Å². The minimum absolute atomic E-state index is 0.225. The highest BCUT2D eigenvalue weighted by atomic mass is 79.9. The molecule has 0 spiro atoms. The van der Waals surface area contributed by atoms with Gasteiger partial charge in [0.05, 0.1) is 6.04 Å². The predicted molar refractivity (Wildman–Crippen MR) is 73.1 cm³/mol. The van der Waals surface area contributed by atoms with Crippen LogP contribution in [-0.4, -0.2) is 0 Å². The molecule has 2 nitrogen and oxygen atoms in total. The molecule has 2 N–H and O–H groups in total. The van der Waals surface area contributed by atoms with E-state index in [1.807, 2.05) is 26.0 Å². The predicted octanol–water partition coefficient (Wildman–Crippen LogP) is 4.02. The van der Waals surface area contributed by atoms with Crippen LogP contribution in [0.2, 0.25) is 0 Å². The molecule has 0 bridgehead atoms. The molecule has 0 saturated heterocycles. The zero-order chi connectivity index (χ0) is 12.6. The highest BCUT2D eigenvalue weighted by Gasteiger charge is 2.16. The summed E-state index contributed by atoms with van der Waals surface area (Å²) in [4.78, 5) is 0. The van der Waals surface area contributed by atoms with Gasteiger partial charge in [0.1, 0.15) is 11.5 Å². The van der Waals surface area contributed by atoms with E-state index in [1.54, 1.807) is 0 Å². The molecular formula is C14H16BrNO. The van der Waals surface area contributed by atoms with Crippen LogP contribution in [0.25, 0.3) is 0 Å². The Kier molecular flexibility index (Phi) is 3.40. The van der Waals surface area contributed by atoms with Gasteiger partial charge in [0, 0.05) is 4.47 Å². The van der Waals surface area contributed by atoms with E-state index in [9.17, 15) is 0 Å². The molecule has 1 unspecified atom stereocenters. The van der Waals surface area contributed by atoms with Gasteiger partial charge in [-0.3, -0.25) is 0 Å². The average Bonchev–Trinajstić information content (AvgIpc) is 2.62. The Hall–Kier alpha value is -1.06.